The first-order valence-corrected chi connectivity index (χ1v) is 9.37. The number of imidazole rings is 1. The summed E-state index contributed by atoms with van der Waals surface area (Å²) in [4.78, 5) is 19.3. The molecule has 3 aromatic rings. The minimum Gasteiger partial charge on any atom is -0.357 e. The quantitative estimate of drug-likeness (QED) is 0.526. The first-order valence-electron chi connectivity index (χ1n) is 8.49. The number of para-hydroxylation sites is 2. The van der Waals surface area contributed by atoms with Crippen molar-refractivity contribution < 1.29 is 0 Å². The number of H-pyrrole nitrogens is 1. The van der Waals surface area contributed by atoms with Gasteiger partial charge in [0, 0.05) is 31.9 Å². The second-order valence-electron chi connectivity index (χ2n) is 5.90. The zero-order valence-corrected chi connectivity index (χ0v) is 15.7. The molecule has 0 saturated heterocycles. The zero-order valence-electron chi connectivity index (χ0n) is 14.9. The van der Waals surface area contributed by atoms with E-state index in [1.807, 2.05) is 38.2 Å². The third-order valence-corrected chi connectivity index (χ3v) is 4.63. The zero-order chi connectivity index (χ0) is 17.6. The Morgan fingerprint density at radius 1 is 1.32 bits per heavy atom. The minimum absolute atomic E-state index is 0.683. The molecule has 0 fully saturated rings. The molecule has 1 aromatic carbocycles. The van der Waals surface area contributed by atoms with Crippen LogP contribution in [0.15, 0.2) is 34.6 Å². The van der Waals surface area contributed by atoms with Gasteiger partial charge in [-0.15, -0.1) is 11.3 Å². The van der Waals surface area contributed by atoms with Crippen LogP contribution in [0.25, 0.3) is 11.0 Å². The van der Waals surface area contributed by atoms with E-state index in [1.165, 1.54) is 0 Å². The van der Waals surface area contributed by atoms with E-state index in [4.69, 9.17) is 4.99 Å². The van der Waals surface area contributed by atoms with Crippen LogP contribution in [0.4, 0.5) is 0 Å². The summed E-state index contributed by atoms with van der Waals surface area (Å²) in [6, 6.07) is 8.08. The molecule has 0 saturated carbocycles. The van der Waals surface area contributed by atoms with Crippen molar-refractivity contribution in [3.63, 3.8) is 0 Å². The van der Waals surface area contributed by atoms with Gasteiger partial charge in [-0.1, -0.05) is 12.1 Å². The van der Waals surface area contributed by atoms with E-state index >= 15 is 0 Å². The van der Waals surface area contributed by atoms with Crippen LogP contribution in [0, 0.1) is 6.92 Å². The van der Waals surface area contributed by atoms with Crippen molar-refractivity contribution in [2.45, 2.75) is 26.8 Å². The highest BCUT2D eigenvalue weighted by Gasteiger charge is 2.09. The van der Waals surface area contributed by atoms with E-state index < -0.39 is 0 Å². The molecule has 0 bridgehead atoms. The van der Waals surface area contributed by atoms with Crippen LogP contribution in [0.5, 0.6) is 0 Å². The molecule has 0 atom stereocenters. The summed E-state index contributed by atoms with van der Waals surface area (Å²) in [6.45, 7) is 6.38. The van der Waals surface area contributed by atoms with Crippen molar-refractivity contribution in [2.24, 2.45) is 4.99 Å². The van der Waals surface area contributed by atoms with Crippen LogP contribution < -0.4 is 5.32 Å². The first kappa shape index (κ1) is 17.4. The third-order valence-electron chi connectivity index (χ3n) is 3.81. The summed E-state index contributed by atoms with van der Waals surface area (Å²) in [5.41, 5.74) is 3.15. The van der Waals surface area contributed by atoms with Gasteiger partial charge in [0.1, 0.15) is 5.82 Å². The first-order chi connectivity index (χ1) is 12.2. The smallest absolute Gasteiger partial charge is 0.194 e. The van der Waals surface area contributed by atoms with Gasteiger partial charge in [-0.05, 0) is 26.0 Å². The average molecular weight is 356 g/mol. The molecule has 0 aliphatic rings. The van der Waals surface area contributed by atoms with Crippen LogP contribution >= 0.6 is 11.3 Å². The maximum absolute atomic E-state index is 4.73. The Labute approximate surface area is 152 Å². The van der Waals surface area contributed by atoms with Crippen molar-refractivity contribution in [3.05, 3.63) is 46.2 Å². The number of rotatable bonds is 6. The van der Waals surface area contributed by atoms with Gasteiger partial charge in [0.05, 0.1) is 28.3 Å². The summed E-state index contributed by atoms with van der Waals surface area (Å²) < 4.78 is 0. The van der Waals surface area contributed by atoms with E-state index in [2.05, 4.69) is 37.5 Å². The SMILES string of the molecule is CCNC(=NCCc1nc2ccccc2[nH]1)N(C)Cc1csc(C)n1. The van der Waals surface area contributed by atoms with Crippen molar-refractivity contribution >= 4 is 28.3 Å². The molecule has 0 radical (unpaired) electrons. The van der Waals surface area contributed by atoms with E-state index in [9.17, 15) is 0 Å². The molecule has 0 amide bonds. The molecule has 2 N–H and O–H groups in total. The van der Waals surface area contributed by atoms with Gasteiger partial charge in [-0.2, -0.15) is 0 Å². The normalized spacial score (nSPS) is 11.9. The standard InChI is InChI=1S/C18H24N6S/c1-4-19-18(24(3)11-14-12-25-13(2)21-14)20-10-9-17-22-15-7-5-6-8-16(15)23-17/h5-8,12H,4,9-11H2,1-3H3,(H,19,20)(H,22,23). The number of guanidine groups is 1. The van der Waals surface area contributed by atoms with Crippen LogP contribution in [0.3, 0.4) is 0 Å². The van der Waals surface area contributed by atoms with E-state index in [0.717, 1.165) is 53.0 Å². The Kier molecular flexibility index (Phi) is 5.65. The van der Waals surface area contributed by atoms with Crippen LogP contribution in [0.1, 0.15) is 23.4 Å². The highest BCUT2D eigenvalue weighted by molar-refractivity contribution is 7.09. The van der Waals surface area contributed by atoms with Crippen molar-refractivity contribution in [1.82, 2.24) is 25.2 Å². The Morgan fingerprint density at radius 3 is 2.88 bits per heavy atom. The lowest BCUT2D eigenvalue weighted by molar-refractivity contribution is 0.471. The molecule has 0 spiro atoms. The maximum Gasteiger partial charge on any atom is 0.194 e. The lowest BCUT2D eigenvalue weighted by atomic mass is 10.3. The van der Waals surface area contributed by atoms with Gasteiger partial charge in [0.25, 0.3) is 0 Å². The molecule has 2 heterocycles. The van der Waals surface area contributed by atoms with Gasteiger partial charge < -0.3 is 15.2 Å². The molecule has 2 aromatic heterocycles. The summed E-state index contributed by atoms with van der Waals surface area (Å²) in [6.07, 6.45) is 0.785. The van der Waals surface area contributed by atoms with Crippen molar-refractivity contribution in [1.29, 1.82) is 0 Å². The predicted molar refractivity (Wildman–Crippen MR) is 104 cm³/mol. The number of nitrogens with one attached hydrogen (secondary N) is 2. The number of aliphatic imine (C=N–C) groups is 1. The number of hydrogen-bond acceptors (Lipinski definition) is 4. The van der Waals surface area contributed by atoms with Gasteiger partial charge >= 0.3 is 0 Å². The van der Waals surface area contributed by atoms with Crippen LogP contribution in [-0.4, -0.2) is 45.9 Å². The molecular formula is C18H24N6S. The lowest BCUT2D eigenvalue weighted by Crippen LogP contribution is -2.38. The topological polar surface area (TPSA) is 69.2 Å². The molecule has 0 aliphatic heterocycles. The third kappa shape index (κ3) is 4.57. The van der Waals surface area contributed by atoms with Crippen molar-refractivity contribution in [3.8, 4) is 0 Å². The van der Waals surface area contributed by atoms with Crippen LogP contribution in [-0.2, 0) is 13.0 Å². The second-order valence-corrected chi connectivity index (χ2v) is 6.96. The van der Waals surface area contributed by atoms with E-state index in [-0.39, 0.29) is 0 Å². The van der Waals surface area contributed by atoms with Crippen LogP contribution in [0.2, 0.25) is 0 Å². The summed E-state index contributed by atoms with van der Waals surface area (Å²) in [5, 5.41) is 6.54. The maximum atomic E-state index is 4.73. The van der Waals surface area contributed by atoms with E-state index in [0.29, 0.717) is 6.54 Å². The lowest BCUT2D eigenvalue weighted by Gasteiger charge is -2.21. The van der Waals surface area contributed by atoms with Gasteiger partial charge in [0.15, 0.2) is 5.96 Å². The number of benzene rings is 1. The fourth-order valence-electron chi connectivity index (χ4n) is 2.66. The van der Waals surface area contributed by atoms with E-state index in [1.54, 1.807) is 11.3 Å². The highest BCUT2D eigenvalue weighted by atomic mass is 32.1. The second kappa shape index (κ2) is 8.11. The molecule has 3 rings (SSSR count). The molecule has 0 unspecified atom stereocenters. The molecule has 25 heavy (non-hydrogen) atoms. The molecule has 0 aliphatic carbocycles. The number of aromatic nitrogens is 3. The largest absolute Gasteiger partial charge is 0.357 e. The fourth-order valence-corrected chi connectivity index (χ4v) is 3.26. The van der Waals surface area contributed by atoms with Gasteiger partial charge in [-0.25, -0.2) is 9.97 Å². The summed E-state index contributed by atoms with van der Waals surface area (Å²) in [7, 11) is 2.04. The highest BCUT2D eigenvalue weighted by Crippen LogP contribution is 2.11. The Balaban J connectivity index is 1.62. The molecule has 132 valence electrons. The average Bonchev–Trinajstić information content (AvgIpc) is 3.19. The fraction of sp³-hybridized carbons (Fsp3) is 0.389. The predicted octanol–water partition coefficient (Wildman–Crippen LogP) is 2.97. The van der Waals surface area contributed by atoms with Crippen molar-refractivity contribution in [2.75, 3.05) is 20.1 Å². The number of fused-ring (bicyclic) bond motifs is 1. The monoisotopic (exact) mass is 356 g/mol. The molecule has 6 nitrogen and oxygen atoms in total. The Bertz CT molecular complexity index is 817. The summed E-state index contributed by atoms with van der Waals surface area (Å²) in [5.74, 6) is 1.86. The minimum atomic E-state index is 0.683. The summed E-state index contributed by atoms with van der Waals surface area (Å²) >= 11 is 1.68. The molecular weight excluding hydrogens is 332 g/mol. The number of aromatic amines is 1. The van der Waals surface area contributed by atoms with Gasteiger partial charge in [0.2, 0.25) is 0 Å². The number of thiazole rings is 1. The Hall–Kier alpha value is -2.41. The number of hydrogen-bond donors (Lipinski definition) is 2. The molecule has 7 heteroatoms. The Morgan fingerprint density at radius 2 is 2.16 bits per heavy atom. The number of aryl methyl sites for hydroxylation is 1. The number of nitrogens with zero attached hydrogens (tertiary/aromatic N) is 4. The van der Waals surface area contributed by atoms with Gasteiger partial charge in [-0.3, -0.25) is 4.99 Å².